The number of aliphatic imine (C=N–C) groups is 2. The van der Waals surface area contributed by atoms with Crippen molar-refractivity contribution in [3.8, 4) is 0 Å². The van der Waals surface area contributed by atoms with Crippen molar-refractivity contribution in [2.45, 2.75) is 82.0 Å². The molecule has 0 aromatic rings. The molecule has 10 nitrogen and oxygen atoms in total. The highest BCUT2D eigenvalue weighted by Gasteiger charge is 2.34. The van der Waals surface area contributed by atoms with Crippen LogP contribution in [0.4, 0.5) is 0 Å². The maximum absolute atomic E-state index is 12.9. The highest BCUT2D eigenvalue weighted by molar-refractivity contribution is 5.87. The summed E-state index contributed by atoms with van der Waals surface area (Å²) < 4.78 is 0. The van der Waals surface area contributed by atoms with Crippen molar-refractivity contribution in [2.75, 3.05) is 32.8 Å². The van der Waals surface area contributed by atoms with E-state index >= 15 is 0 Å². The van der Waals surface area contributed by atoms with Crippen LogP contribution in [-0.2, 0) is 9.59 Å². The van der Waals surface area contributed by atoms with Crippen molar-refractivity contribution < 1.29 is 9.59 Å². The zero-order valence-corrected chi connectivity index (χ0v) is 20.1. The van der Waals surface area contributed by atoms with Gasteiger partial charge in [0.2, 0.25) is 11.8 Å². The van der Waals surface area contributed by atoms with Gasteiger partial charge in [-0.2, -0.15) is 0 Å². The fraction of sp³-hybridized carbons (Fsp3) is 0.833. The molecule has 0 radical (unpaired) electrons. The normalized spacial score (nSPS) is 36.0. The van der Waals surface area contributed by atoms with E-state index in [1.807, 2.05) is 0 Å². The van der Waals surface area contributed by atoms with Gasteiger partial charge in [-0.25, -0.2) is 0 Å². The Labute approximate surface area is 202 Å². The highest BCUT2D eigenvalue weighted by atomic mass is 16.2. The molecule has 1 saturated heterocycles. The largest absolute Gasteiger partial charge is 0.372 e. The van der Waals surface area contributed by atoms with Crippen molar-refractivity contribution in [2.24, 2.45) is 21.8 Å². The highest BCUT2D eigenvalue weighted by Crippen LogP contribution is 2.27. The molecule has 2 aliphatic carbocycles. The number of hydrogen-bond acceptors (Lipinski definition) is 8. The van der Waals surface area contributed by atoms with Crippen LogP contribution in [0.25, 0.3) is 0 Å². The fourth-order valence-electron chi connectivity index (χ4n) is 6.11. The van der Waals surface area contributed by atoms with Crippen LogP contribution >= 0.6 is 0 Å². The zero-order valence-electron chi connectivity index (χ0n) is 20.1. The number of rotatable bonds is 6. The van der Waals surface area contributed by atoms with E-state index in [4.69, 9.17) is 0 Å². The summed E-state index contributed by atoms with van der Waals surface area (Å²) in [5.41, 5.74) is 0. The van der Waals surface area contributed by atoms with Gasteiger partial charge in [0.1, 0.15) is 0 Å². The Balaban J connectivity index is 1.03. The number of carbonyl (C=O) groups excluding carboxylic acids is 2. The Morgan fingerprint density at radius 1 is 0.676 bits per heavy atom. The molecule has 0 aromatic heterocycles. The predicted octanol–water partition coefficient (Wildman–Crippen LogP) is -0.383. The topological polar surface area (TPSA) is 131 Å². The molecule has 5 rings (SSSR count). The maximum Gasteiger partial charge on any atom is 0.237 e. The standard InChI is InChI=1S/C24H40N8O2/c33-23(31-17-5-1-15(2-6-17)21-25-9-10-26-21)19-13-20(30-14-29-19)24(34)32-18-7-3-16(4-8-18)22-27-11-12-28-22/h15-20,29-30H,1-14H2,(H,25,26)(H,27,28)(H,31,33)(H,32,34). The average molecular weight is 473 g/mol. The van der Waals surface area contributed by atoms with Gasteiger partial charge in [-0.3, -0.25) is 30.2 Å². The minimum Gasteiger partial charge on any atom is -0.372 e. The summed E-state index contributed by atoms with van der Waals surface area (Å²) in [7, 11) is 0. The lowest BCUT2D eigenvalue weighted by molar-refractivity contribution is -0.127. The van der Waals surface area contributed by atoms with Crippen LogP contribution < -0.4 is 31.9 Å². The number of nitrogens with zero attached hydrogens (tertiary/aromatic N) is 2. The summed E-state index contributed by atoms with van der Waals surface area (Å²) in [5, 5.41) is 19.7. The summed E-state index contributed by atoms with van der Waals surface area (Å²) in [6.07, 6.45) is 8.66. The van der Waals surface area contributed by atoms with E-state index in [9.17, 15) is 9.59 Å². The van der Waals surface area contributed by atoms with Crippen LogP contribution in [0.3, 0.4) is 0 Å². The van der Waals surface area contributed by atoms with Crippen molar-refractivity contribution >= 4 is 23.5 Å². The first-order chi connectivity index (χ1) is 16.7. The van der Waals surface area contributed by atoms with E-state index in [1.165, 1.54) is 0 Å². The van der Waals surface area contributed by atoms with Crippen LogP contribution in [0, 0.1) is 11.8 Å². The molecule has 0 spiro atoms. The third-order valence-corrected chi connectivity index (χ3v) is 8.12. The Morgan fingerprint density at radius 3 is 1.50 bits per heavy atom. The molecule has 3 heterocycles. The van der Waals surface area contributed by atoms with Gasteiger partial charge in [0.05, 0.1) is 36.8 Å². The number of nitrogens with one attached hydrogen (secondary N) is 6. The van der Waals surface area contributed by atoms with Gasteiger partial charge in [-0.1, -0.05) is 0 Å². The Bertz CT molecular complexity index is 735. The lowest BCUT2D eigenvalue weighted by atomic mass is 9.85. The first-order valence-corrected chi connectivity index (χ1v) is 13.3. The fourth-order valence-corrected chi connectivity index (χ4v) is 6.11. The van der Waals surface area contributed by atoms with E-state index in [2.05, 4.69) is 41.9 Å². The van der Waals surface area contributed by atoms with Crippen LogP contribution in [0.5, 0.6) is 0 Å². The van der Waals surface area contributed by atoms with Crippen LogP contribution in [-0.4, -0.2) is 80.5 Å². The maximum atomic E-state index is 12.9. The number of amidine groups is 2. The third-order valence-electron chi connectivity index (χ3n) is 8.12. The SMILES string of the molecule is O=C(NC1CCC(C2=NCCN2)CC1)C1CC(C(=O)NC2CCC(C3=NCCN3)CC2)NCN1. The second kappa shape index (κ2) is 11.0. The zero-order chi connectivity index (χ0) is 23.3. The summed E-state index contributed by atoms with van der Waals surface area (Å²) in [4.78, 5) is 35.0. The molecule has 3 aliphatic heterocycles. The molecule has 2 unspecified atom stereocenters. The van der Waals surface area contributed by atoms with Crippen molar-refractivity contribution in [3.05, 3.63) is 0 Å². The summed E-state index contributed by atoms with van der Waals surface area (Å²) >= 11 is 0. The van der Waals surface area contributed by atoms with Gasteiger partial charge in [0.25, 0.3) is 0 Å². The van der Waals surface area contributed by atoms with E-state index < -0.39 is 0 Å². The molecule has 3 fully saturated rings. The van der Waals surface area contributed by atoms with Crippen molar-refractivity contribution in [1.29, 1.82) is 0 Å². The van der Waals surface area contributed by atoms with E-state index in [-0.39, 0.29) is 36.0 Å². The monoisotopic (exact) mass is 472 g/mol. The second-order valence-electron chi connectivity index (χ2n) is 10.4. The molecule has 0 bridgehead atoms. The number of hydrogen-bond donors (Lipinski definition) is 6. The summed E-state index contributed by atoms with van der Waals surface area (Å²) in [5.74, 6) is 3.39. The minimum atomic E-state index is -0.335. The molecule has 2 atom stereocenters. The number of carbonyl (C=O) groups is 2. The molecular formula is C24H40N8O2. The van der Waals surface area contributed by atoms with Crippen LogP contribution in [0.2, 0.25) is 0 Å². The molecule has 5 aliphatic rings. The Morgan fingerprint density at radius 2 is 1.12 bits per heavy atom. The Hall–Kier alpha value is -2.20. The minimum absolute atomic E-state index is 0.0180. The first-order valence-electron chi connectivity index (χ1n) is 13.3. The summed E-state index contributed by atoms with van der Waals surface area (Å²) in [6.45, 7) is 4.15. The number of amides is 2. The van der Waals surface area contributed by atoms with Gasteiger partial charge in [-0.15, -0.1) is 0 Å². The van der Waals surface area contributed by atoms with E-state index in [0.717, 1.165) is 89.2 Å². The van der Waals surface area contributed by atoms with Gasteiger partial charge in [-0.05, 0) is 57.8 Å². The molecule has 0 aromatic carbocycles. The van der Waals surface area contributed by atoms with Crippen LogP contribution in [0.15, 0.2) is 9.98 Å². The molecule has 6 N–H and O–H groups in total. The van der Waals surface area contributed by atoms with Gasteiger partial charge >= 0.3 is 0 Å². The van der Waals surface area contributed by atoms with Crippen molar-refractivity contribution in [3.63, 3.8) is 0 Å². The van der Waals surface area contributed by atoms with E-state index in [0.29, 0.717) is 24.9 Å². The smallest absolute Gasteiger partial charge is 0.237 e. The molecule has 34 heavy (non-hydrogen) atoms. The quantitative estimate of drug-likeness (QED) is 0.312. The van der Waals surface area contributed by atoms with Gasteiger partial charge < -0.3 is 21.3 Å². The molecule has 10 heteroatoms. The van der Waals surface area contributed by atoms with Crippen molar-refractivity contribution in [1.82, 2.24) is 31.9 Å². The first kappa shape index (κ1) is 23.5. The molecule has 2 saturated carbocycles. The summed E-state index contributed by atoms with van der Waals surface area (Å²) in [6, 6.07) is -0.247. The molecular weight excluding hydrogens is 432 g/mol. The third kappa shape index (κ3) is 5.71. The lowest BCUT2D eigenvalue weighted by Gasteiger charge is -2.34. The van der Waals surface area contributed by atoms with Gasteiger partial charge in [0, 0.05) is 43.7 Å². The predicted molar refractivity (Wildman–Crippen MR) is 132 cm³/mol. The average Bonchev–Trinajstić information content (AvgIpc) is 3.60. The van der Waals surface area contributed by atoms with Gasteiger partial charge in [0.15, 0.2) is 0 Å². The van der Waals surface area contributed by atoms with Crippen LogP contribution in [0.1, 0.15) is 57.8 Å². The van der Waals surface area contributed by atoms with E-state index in [1.54, 1.807) is 0 Å². The lowest BCUT2D eigenvalue weighted by Crippen LogP contribution is -2.61. The second-order valence-corrected chi connectivity index (χ2v) is 10.4. The molecule has 188 valence electrons. The Kier molecular flexibility index (Phi) is 7.63. The molecule has 2 amide bonds.